The van der Waals surface area contributed by atoms with Crippen LogP contribution in [0.1, 0.15) is 46.1 Å². The Morgan fingerprint density at radius 2 is 1.91 bits per heavy atom. The molecular weight excluding hydrogens is 282 g/mol. The van der Waals surface area contributed by atoms with Gasteiger partial charge in [0.25, 0.3) is 0 Å². The molecule has 1 aromatic heterocycles. The number of benzene rings is 1. The number of aryl methyl sites for hydroxylation is 1. The highest BCUT2D eigenvalue weighted by atomic mass is 15.1. The van der Waals surface area contributed by atoms with Crippen LogP contribution in [0.3, 0.4) is 0 Å². The van der Waals surface area contributed by atoms with Crippen LogP contribution in [-0.4, -0.2) is 35.6 Å². The number of fused-ring (bicyclic) bond motifs is 1. The van der Waals surface area contributed by atoms with Gasteiger partial charge in [0.2, 0.25) is 0 Å². The Morgan fingerprint density at radius 1 is 1.13 bits per heavy atom. The largest absolute Gasteiger partial charge is 0.382 e. The van der Waals surface area contributed by atoms with Crippen molar-refractivity contribution >= 4 is 16.6 Å². The number of aromatic nitrogens is 1. The van der Waals surface area contributed by atoms with E-state index in [1.54, 1.807) is 0 Å². The van der Waals surface area contributed by atoms with Crippen molar-refractivity contribution in [2.24, 2.45) is 0 Å². The fourth-order valence-electron chi connectivity index (χ4n) is 3.04. The van der Waals surface area contributed by atoms with E-state index in [0.29, 0.717) is 6.04 Å². The van der Waals surface area contributed by atoms with E-state index in [2.05, 4.69) is 67.2 Å². The Balaban J connectivity index is 1.98. The molecule has 0 fully saturated rings. The Bertz CT molecular complexity index is 605. The summed E-state index contributed by atoms with van der Waals surface area (Å²) in [6, 6.07) is 9.18. The molecule has 0 radical (unpaired) electrons. The fourth-order valence-corrected chi connectivity index (χ4v) is 3.04. The van der Waals surface area contributed by atoms with E-state index < -0.39 is 0 Å². The molecule has 0 aliphatic carbocycles. The average Bonchev–Trinajstić information content (AvgIpc) is 2.58. The molecule has 3 heteroatoms. The van der Waals surface area contributed by atoms with Gasteiger partial charge in [-0.25, -0.2) is 0 Å². The van der Waals surface area contributed by atoms with E-state index in [4.69, 9.17) is 0 Å². The molecule has 126 valence electrons. The van der Waals surface area contributed by atoms with Gasteiger partial charge in [-0.2, -0.15) is 0 Å². The first-order valence-corrected chi connectivity index (χ1v) is 9.04. The van der Waals surface area contributed by atoms with Crippen LogP contribution >= 0.6 is 0 Å². The van der Waals surface area contributed by atoms with Gasteiger partial charge >= 0.3 is 0 Å². The fraction of sp³-hybridized carbons (Fsp3) is 0.550. The van der Waals surface area contributed by atoms with Crippen molar-refractivity contribution in [3.63, 3.8) is 0 Å². The lowest BCUT2D eigenvalue weighted by Gasteiger charge is -2.20. The van der Waals surface area contributed by atoms with Crippen molar-refractivity contribution in [2.45, 2.75) is 53.0 Å². The third-order valence-electron chi connectivity index (χ3n) is 4.62. The van der Waals surface area contributed by atoms with Crippen LogP contribution in [0.5, 0.6) is 0 Å². The molecule has 0 amide bonds. The Morgan fingerprint density at radius 3 is 2.61 bits per heavy atom. The van der Waals surface area contributed by atoms with E-state index in [-0.39, 0.29) is 0 Å². The smallest absolute Gasteiger partial charge is 0.0725 e. The summed E-state index contributed by atoms with van der Waals surface area (Å²) >= 11 is 0. The predicted octanol–water partition coefficient (Wildman–Crippen LogP) is 4.72. The van der Waals surface area contributed by atoms with Crippen molar-refractivity contribution in [1.82, 2.24) is 9.88 Å². The number of nitrogens with zero attached hydrogens (tertiary/aromatic N) is 2. The minimum absolute atomic E-state index is 0.474. The first kappa shape index (κ1) is 17.7. The lowest BCUT2D eigenvalue weighted by atomic mass is 10.1. The molecule has 0 bridgehead atoms. The van der Waals surface area contributed by atoms with Gasteiger partial charge < -0.3 is 10.2 Å². The molecule has 2 rings (SSSR count). The lowest BCUT2D eigenvalue weighted by Crippen LogP contribution is -2.25. The van der Waals surface area contributed by atoms with Gasteiger partial charge in [-0.1, -0.05) is 32.9 Å². The van der Waals surface area contributed by atoms with Gasteiger partial charge in [0.15, 0.2) is 0 Å². The molecular formula is C20H31N3. The van der Waals surface area contributed by atoms with Crippen LogP contribution in [0.25, 0.3) is 10.9 Å². The zero-order valence-corrected chi connectivity index (χ0v) is 15.1. The second kappa shape index (κ2) is 8.88. The van der Waals surface area contributed by atoms with Crippen molar-refractivity contribution in [3.05, 3.63) is 36.0 Å². The maximum atomic E-state index is 4.52. The quantitative estimate of drug-likeness (QED) is 0.726. The normalized spacial score (nSPS) is 12.7. The average molecular weight is 313 g/mol. The van der Waals surface area contributed by atoms with E-state index >= 15 is 0 Å². The Hall–Kier alpha value is -1.61. The number of hydrogen-bond acceptors (Lipinski definition) is 3. The summed E-state index contributed by atoms with van der Waals surface area (Å²) in [7, 11) is 0. The van der Waals surface area contributed by atoms with E-state index in [9.17, 15) is 0 Å². The van der Waals surface area contributed by atoms with Crippen LogP contribution in [-0.2, 0) is 6.42 Å². The van der Waals surface area contributed by atoms with Crippen LogP contribution in [0.15, 0.2) is 30.5 Å². The van der Waals surface area contributed by atoms with Gasteiger partial charge in [-0.3, -0.25) is 4.98 Å². The minimum Gasteiger partial charge on any atom is -0.382 e. The highest BCUT2D eigenvalue weighted by molar-refractivity contribution is 5.91. The standard InChI is InChI=1S/C20H31N3/c1-5-17-10-11-18-19(12-13-21-20(18)15-17)22-16(4)9-8-14-23(6-2)7-3/h10-13,15-16H,5-9,14H2,1-4H3,(H,21,22). The van der Waals surface area contributed by atoms with Gasteiger partial charge in [-0.15, -0.1) is 0 Å². The van der Waals surface area contributed by atoms with E-state index in [1.807, 2.05) is 6.20 Å². The van der Waals surface area contributed by atoms with Crippen LogP contribution in [0, 0.1) is 0 Å². The molecule has 3 nitrogen and oxygen atoms in total. The molecule has 1 unspecified atom stereocenters. The molecule has 1 aromatic carbocycles. The minimum atomic E-state index is 0.474. The third kappa shape index (κ3) is 4.93. The summed E-state index contributed by atoms with van der Waals surface area (Å²) in [5.41, 5.74) is 3.63. The number of hydrogen-bond donors (Lipinski definition) is 1. The zero-order valence-electron chi connectivity index (χ0n) is 15.1. The maximum Gasteiger partial charge on any atom is 0.0725 e. The SMILES string of the molecule is CCc1ccc2c(NC(C)CCCN(CC)CC)ccnc2c1. The van der Waals surface area contributed by atoms with Gasteiger partial charge in [-0.05, 0) is 63.5 Å². The molecule has 1 N–H and O–H groups in total. The zero-order chi connectivity index (χ0) is 16.7. The molecule has 0 spiro atoms. The van der Waals surface area contributed by atoms with Crippen LogP contribution < -0.4 is 5.32 Å². The monoisotopic (exact) mass is 313 g/mol. The van der Waals surface area contributed by atoms with Crippen molar-refractivity contribution in [1.29, 1.82) is 0 Å². The first-order chi connectivity index (χ1) is 11.2. The molecule has 0 saturated carbocycles. The van der Waals surface area contributed by atoms with E-state index in [0.717, 1.165) is 25.0 Å². The van der Waals surface area contributed by atoms with Crippen molar-refractivity contribution in [2.75, 3.05) is 25.0 Å². The second-order valence-electron chi connectivity index (χ2n) is 6.28. The number of pyridine rings is 1. The van der Waals surface area contributed by atoms with Gasteiger partial charge in [0, 0.05) is 23.3 Å². The number of nitrogens with one attached hydrogen (secondary N) is 1. The molecule has 0 saturated heterocycles. The molecule has 0 aliphatic heterocycles. The maximum absolute atomic E-state index is 4.52. The van der Waals surface area contributed by atoms with Crippen LogP contribution in [0.4, 0.5) is 5.69 Å². The Kier molecular flexibility index (Phi) is 6.85. The summed E-state index contributed by atoms with van der Waals surface area (Å²) in [5.74, 6) is 0. The summed E-state index contributed by atoms with van der Waals surface area (Å²) < 4.78 is 0. The summed E-state index contributed by atoms with van der Waals surface area (Å²) in [4.78, 5) is 7.01. The number of anilines is 1. The topological polar surface area (TPSA) is 28.2 Å². The van der Waals surface area contributed by atoms with Gasteiger partial charge in [0.1, 0.15) is 0 Å². The first-order valence-electron chi connectivity index (χ1n) is 9.04. The lowest BCUT2D eigenvalue weighted by molar-refractivity contribution is 0.295. The van der Waals surface area contributed by atoms with Crippen LogP contribution in [0.2, 0.25) is 0 Å². The molecule has 2 aromatic rings. The van der Waals surface area contributed by atoms with E-state index in [1.165, 1.54) is 36.0 Å². The van der Waals surface area contributed by atoms with Crippen molar-refractivity contribution < 1.29 is 0 Å². The Labute approximate surface area is 141 Å². The summed E-state index contributed by atoms with van der Waals surface area (Å²) in [6.45, 7) is 12.4. The third-order valence-corrected chi connectivity index (χ3v) is 4.62. The molecule has 1 atom stereocenters. The van der Waals surface area contributed by atoms with Crippen molar-refractivity contribution in [3.8, 4) is 0 Å². The highest BCUT2D eigenvalue weighted by Gasteiger charge is 2.07. The second-order valence-corrected chi connectivity index (χ2v) is 6.28. The molecule has 23 heavy (non-hydrogen) atoms. The molecule has 1 heterocycles. The summed E-state index contributed by atoms with van der Waals surface area (Å²) in [5, 5.41) is 4.90. The molecule has 0 aliphatic rings. The van der Waals surface area contributed by atoms with Gasteiger partial charge in [0.05, 0.1) is 5.52 Å². The highest BCUT2D eigenvalue weighted by Crippen LogP contribution is 2.24. The number of rotatable bonds is 9. The predicted molar refractivity (Wildman–Crippen MR) is 101 cm³/mol. The summed E-state index contributed by atoms with van der Waals surface area (Å²) in [6.07, 6.45) is 5.38.